The third kappa shape index (κ3) is 5.37. The molecule has 5 nitrogen and oxygen atoms in total. The minimum Gasteiger partial charge on any atom is -0.489 e. The molecule has 0 saturated heterocycles. The Hall–Kier alpha value is -3.57. The van der Waals surface area contributed by atoms with Gasteiger partial charge in [-0.3, -0.25) is 9.48 Å². The van der Waals surface area contributed by atoms with Crippen molar-refractivity contribution in [3.8, 4) is 5.75 Å². The summed E-state index contributed by atoms with van der Waals surface area (Å²) in [4.78, 5) is 12.7. The van der Waals surface area contributed by atoms with Crippen LogP contribution in [0.2, 0.25) is 5.02 Å². The number of hydrogen-bond donors (Lipinski definition) is 1. The molecule has 32 heavy (non-hydrogen) atoms. The Morgan fingerprint density at radius 2 is 1.88 bits per heavy atom. The van der Waals surface area contributed by atoms with Crippen LogP contribution in [0.5, 0.6) is 5.75 Å². The Morgan fingerprint density at radius 3 is 2.69 bits per heavy atom. The first-order chi connectivity index (χ1) is 15.5. The summed E-state index contributed by atoms with van der Waals surface area (Å²) >= 11 is 6.22. The number of carbonyl (C=O) groups is 1. The van der Waals surface area contributed by atoms with Crippen LogP contribution >= 0.6 is 11.6 Å². The fraction of sp³-hybridized carbons (Fsp3) is 0.154. The van der Waals surface area contributed by atoms with Crippen molar-refractivity contribution >= 4 is 23.3 Å². The lowest BCUT2D eigenvalue weighted by molar-refractivity contribution is 0.102. The van der Waals surface area contributed by atoms with E-state index in [9.17, 15) is 4.79 Å². The van der Waals surface area contributed by atoms with E-state index in [1.807, 2.05) is 67.7 Å². The fourth-order valence-corrected chi connectivity index (χ4v) is 3.63. The van der Waals surface area contributed by atoms with Gasteiger partial charge in [-0.2, -0.15) is 5.10 Å². The Kier molecular flexibility index (Phi) is 6.57. The summed E-state index contributed by atoms with van der Waals surface area (Å²) in [5.41, 5.74) is 4.72. The van der Waals surface area contributed by atoms with Gasteiger partial charge in [-0.15, -0.1) is 0 Å². The first-order valence-electron chi connectivity index (χ1n) is 10.3. The number of halogens is 1. The monoisotopic (exact) mass is 445 g/mol. The van der Waals surface area contributed by atoms with Gasteiger partial charge in [-0.1, -0.05) is 59.6 Å². The lowest BCUT2D eigenvalue weighted by Gasteiger charge is -2.11. The molecule has 0 aliphatic heterocycles. The third-order valence-corrected chi connectivity index (χ3v) is 5.46. The van der Waals surface area contributed by atoms with Gasteiger partial charge < -0.3 is 10.1 Å². The summed E-state index contributed by atoms with van der Waals surface area (Å²) < 4.78 is 7.68. The Balaban J connectivity index is 1.39. The molecule has 1 N–H and O–H groups in total. The molecule has 0 aliphatic carbocycles. The predicted octanol–water partition coefficient (Wildman–Crippen LogP) is 6.03. The lowest BCUT2D eigenvalue weighted by atomic mass is 10.1. The zero-order valence-electron chi connectivity index (χ0n) is 18.0. The molecular formula is C26H24ClN3O2. The number of nitrogens with zero attached hydrogens (tertiary/aromatic N) is 2. The van der Waals surface area contributed by atoms with E-state index in [0.29, 0.717) is 29.6 Å². The van der Waals surface area contributed by atoms with Crippen molar-refractivity contribution in [1.82, 2.24) is 9.78 Å². The quantitative estimate of drug-likeness (QED) is 0.377. The molecule has 6 heteroatoms. The molecule has 0 spiro atoms. The molecule has 1 heterocycles. The second-order valence-corrected chi connectivity index (χ2v) is 8.11. The smallest absolute Gasteiger partial charge is 0.256 e. The minimum absolute atomic E-state index is 0.221. The number of anilines is 1. The number of aromatic nitrogens is 2. The van der Waals surface area contributed by atoms with E-state index in [1.54, 1.807) is 16.8 Å². The maximum Gasteiger partial charge on any atom is 0.256 e. The number of ether oxygens (including phenoxy) is 1. The van der Waals surface area contributed by atoms with Crippen molar-refractivity contribution in [1.29, 1.82) is 0 Å². The van der Waals surface area contributed by atoms with Gasteiger partial charge in [0.15, 0.2) is 5.82 Å². The van der Waals surface area contributed by atoms with Crippen LogP contribution in [0.15, 0.2) is 79.0 Å². The molecule has 0 fully saturated rings. The van der Waals surface area contributed by atoms with Gasteiger partial charge in [0.25, 0.3) is 5.91 Å². The number of benzene rings is 3. The Morgan fingerprint density at radius 1 is 1.03 bits per heavy atom. The van der Waals surface area contributed by atoms with E-state index in [1.165, 1.54) is 5.56 Å². The van der Waals surface area contributed by atoms with E-state index < -0.39 is 0 Å². The molecule has 3 aromatic carbocycles. The molecule has 0 atom stereocenters. The summed E-state index contributed by atoms with van der Waals surface area (Å²) in [6.45, 7) is 4.99. The molecule has 0 radical (unpaired) electrons. The fourth-order valence-electron chi connectivity index (χ4n) is 3.43. The molecule has 162 valence electrons. The first-order valence-corrected chi connectivity index (χ1v) is 10.7. The van der Waals surface area contributed by atoms with Gasteiger partial charge in [0.05, 0.1) is 6.54 Å². The SMILES string of the molecule is Cc1ccc(OCc2cccc(C(=O)Nc3ccn(Cc4ccccc4Cl)n3)c2)c(C)c1. The first kappa shape index (κ1) is 21.7. The maximum atomic E-state index is 12.7. The summed E-state index contributed by atoms with van der Waals surface area (Å²) in [7, 11) is 0. The van der Waals surface area contributed by atoms with Crippen molar-refractivity contribution in [3.63, 3.8) is 0 Å². The van der Waals surface area contributed by atoms with Gasteiger partial charge in [0.1, 0.15) is 12.4 Å². The highest BCUT2D eigenvalue weighted by molar-refractivity contribution is 6.31. The average molecular weight is 446 g/mol. The second kappa shape index (κ2) is 9.71. The van der Waals surface area contributed by atoms with Crippen LogP contribution in [0.3, 0.4) is 0 Å². The van der Waals surface area contributed by atoms with Crippen LogP contribution in [-0.4, -0.2) is 15.7 Å². The van der Waals surface area contributed by atoms with Crippen molar-refractivity contribution in [2.24, 2.45) is 0 Å². The van der Waals surface area contributed by atoms with Gasteiger partial charge in [-0.05, 0) is 54.8 Å². The van der Waals surface area contributed by atoms with Gasteiger partial charge in [-0.25, -0.2) is 0 Å². The topological polar surface area (TPSA) is 56.1 Å². The van der Waals surface area contributed by atoms with E-state index in [4.69, 9.17) is 16.3 Å². The summed E-state index contributed by atoms with van der Waals surface area (Å²) in [6, 6.07) is 22.9. The highest BCUT2D eigenvalue weighted by atomic mass is 35.5. The number of nitrogens with one attached hydrogen (secondary N) is 1. The van der Waals surface area contributed by atoms with Crippen LogP contribution in [0, 0.1) is 13.8 Å². The van der Waals surface area contributed by atoms with Crippen molar-refractivity contribution in [3.05, 3.63) is 112 Å². The minimum atomic E-state index is -0.221. The van der Waals surface area contributed by atoms with Gasteiger partial charge >= 0.3 is 0 Å². The van der Waals surface area contributed by atoms with Crippen molar-refractivity contribution in [2.45, 2.75) is 27.0 Å². The largest absolute Gasteiger partial charge is 0.489 e. The Bertz CT molecular complexity index is 1250. The third-order valence-electron chi connectivity index (χ3n) is 5.09. The van der Waals surface area contributed by atoms with Crippen LogP contribution in [0.4, 0.5) is 5.82 Å². The number of amides is 1. The highest BCUT2D eigenvalue weighted by Gasteiger charge is 2.10. The van der Waals surface area contributed by atoms with E-state index in [-0.39, 0.29) is 5.91 Å². The number of rotatable bonds is 7. The molecule has 0 saturated carbocycles. The van der Waals surface area contributed by atoms with Gasteiger partial charge in [0, 0.05) is 22.8 Å². The van der Waals surface area contributed by atoms with Gasteiger partial charge in [0.2, 0.25) is 0 Å². The van der Waals surface area contributed by atoms with Crippen molar-refractivity contribution < 1.29 is 9.53 Å². The number of hydrogen-bond acceptors (Lipinski definition) is 3. The van der Waals surface area contributed by atoms with Crippen LogP contribution in [-0.2, 0) is 13.2 Å². The van der Waals surface area contributed by atoms with Crippen LogP contribution in [0.25, 0.3) is 0 Å². The Labute approximate surface area is 192 Å². The van der Waals surface area contributed by atoms with Crippen LogP contribution < -0.4 is 10.1 Å². The summed E-state index contributed by atoms with van der Waals surface area (Å²) in [5.74, 6) is 1.11. The second-order valence-electron chi connectivity index (χ2n) is 7.70. The zero-order valence-corrected chi connectivity index (χ0v) is 18.8. The molecule has 4 rings (SSSR count). The standard InChI is InChI=1S/C26H24ClN3O2/c1-18-10-11-24(19(2)14-18)32-17-20-6-5-8-21(15-20)26(31)28-25-12-13-30(29-25)16-22-7-3-4-9-23(22)27/h3-15H,16-17H2,1-2H3,(H,28,29,31). The maximum absolute atomic E-state index is 12.7. The molecule has 4 aromatic rings. The zero-order chi connectivity index (χ0) is 22.5. The molecule has 0 bridgehead atoms. The predicted molar refractivity (Wildman–Crippen MR) is 127 cm³/mol. The number of aryl methyl sites for hydroxylation is 2. The molecule has 1 aromatic heterocycles. The summed E-state index contributed by atoms with van der Waals surface area (Å²) in [6.07, 6.45) is 1.81. The van der Waals surface area contributed by atoms with Crippen molar-refractivity contribution in [2.75, 3.05) is 5.32 Å². The lowest BCUT2D eigenvalue weighted by Crippen LogP contribution is -2.13. The highest BCUT2D eigenvalue weighted by Crippen LogP contribution is 2.21. The average Bonchev–Trinajstić information content (AvgIpc) is 3.21. The summed E-state index contributed by atoms with van der Waals surface area (Å²) in [5, 5.41) is 7.97. The molecule has 0 unspecified atom stereocenters. The number of carbonyl (C=O) groups excluding carboxylic acids is 1. The normalized spacial score (nSPS) is 10.7. The molecular weight excluding hydrogens is 422 g/mol. The van der Waals surface area contributed by atoms with E-state index >= 15 is 0 Å². The van der Waals surface area contributed by atoms with E-state index in [0.717, 1.165) is 22.4 Å². The molecule has 1 amide bonds. The van der Waals surface area contributed by atoms with E-state index in [2.05, 4.69) is 23.4 Å². The molecule has 0 aliphatic rings. The van der Waals surface area contributed by atoms with Crippen LogP contribution in [0.1, 0.15) is 32.6 Å².